The van der Waals surface area contributed by atoms with Gasteiger partial charge in [0.25, 0.3) is 5.69 Å². The van der Waals surface area contributed by atoms with E-state index in [2.05, 4.69) is 21.2 Å². The smallest absolute Gasteiger partial charge is 0.371 e. The topological polar surface area (TPSA) is 55.2 Å². The van der Waals surface area contributed by atoms with E-state index in [0.29, 0.717) is 0 Å². The Morgan fingerprint density at radius 3 is 2.39 bits per heavy atom. The predicted octanol–water partition coefficient (Wildman–Crippen LogP) is 3.86. The monoisotopic (exact) mass is 324 g/mol. The normalized spacial score (nSPS) is 17.3. The number of alkyl halides is 3. The van der Waals surface area contributed by atoms with Crippen LogP contribution in [0.4, 0.5) is 24.5 Å². The largest absolute Gasteiger partial charge is 0.411 e. The van der Waals surface area contributed by atoms with Crippen molar-refractivity contribution >= 4 is 27.3 Å². The van der Waals surface area contributed by atoms with Gasteiger partial charge in [0, 0.05) is 22.3 Å². The maximum Gasteiger partial charge on any atom is 0.411 e. The summed E-state index contributed by atoms with van der Waals surface area (Å²) in [5.41, 5.74) is -1.86. The Hall–Kier alpha value is -1.31. The van der Waals surface area contributed by atoms with Crippen LogP contribution < -0.4 is 5.32 Å². The fourth-order valence-corrected chi connectivity index (χ4v) is 2.05. The molecule has 0 aliphatic heterocycles. The molecule has 1 aliphatic rings. The molecule has 1 fully saturated rings. The molecule has 0 atom stereocenters. The van der Waals surface area contributed by atoms with Crippen LogP contribution in [0.1, 0.15) is 12.8 Å². The number of nitrogens with zero attached hydrogens (tertiary/aromatic N) is 1. The maximum absolute atomic E-state index is 12.7. The molecule has 1 aromatic rings. The number of hydrogen-bond donors (Lipinski definition) is 1. The minimum atomic E-state index is -4.33. The summed E-state index contributed by atoms with van der Waals surface area (Å²) in [6.07, 6.45) is -4.30. The molecule has 18 heavy (non-hydrogen) atoms. The van der Waals surface area contributed by atoms with Crippen molar-refractivity contribution in [1.82, 2.24) is 0 Å². The molecule has 1 N–H and O–H groups in total. The summed E-state index contributed by atoms with van der Waals surface area (Å²) in [6, 6.07) is 3.61. The molecule has 0 amide bonds. The van der Waals surface area contributed by atoms with E-state index >= 15 is 0 Å². The molecule has 8 heteroatoms. The number of nitro benzene ring substituents is 1. The average Bonchev–Trinajstić information content (AvgIpc) is 3.01. The van der Waals surface area contributed by atoms with Crippen LogP contribution in [0.2, 0.25) is 0 Å². The summed E-state index contributed by atoms with van der Waals surface area (Å²) < 4.78 is 38.4. The second-order valence-corrected chi connectivity index (χ2v) is 4.98. The molecule has 0 aromatic heterocycles. The van der Waals surface area contributed by atoms with Gasteiger partial charge in [0.2, 0.25) is 0 Å². The van der Waals surface area contributed by atoms with Crippen molar-refractivity contribution in [2.45, 2.75) is 24.6 Å². The summed E-state index contributed by atoms with van der Waals surface area (Å²) >= 11 is 3.03. The van der Waals surface area contributed by atoms with E-state index in [1.807, 2.05) is 0 Å². The van der Waals surface area contributed by atoms with Gasteiger partial charge in [-0.25, -0.2) is 0 Å². The molecule has 0 unspecified atom stereocenters. The predicted molar refractivity (Wildman–Crippen MR) is 62.4 cm³/mol. The van der Waals surface area contributed by atoms with Gasteiger partial charge in [-0.15, -0.1) is 0 Å². The number of rotatable bonds is 3. The standard InChI is InChI=1S/C10H8BrF3N2O2/c11-7-5-6(16(17)18)1-2-8(7)15-9(3-4-9)10(12,13)14/h1-2,5,15H,3-4H2. The van der Waals surface area contributed by atoms with Crippen LogP contribution in [0.3, 0.4) is 0 Å². The Morgan fingerprint density at radius 2 is 2.00 bits per heavy atom. The van der Waals surface area contributed by atoms with E-state index in [1.54, 1.807) is 0 Å². The van der Waals surface area contributed by atoms with Crippen molar-refractivity contribution in [3.8, 4) is 0 Å². The summed E-state index contributed by atoms with van der Waals surface area (Å²) in [5.74, 6) is 0. The quantitative estimate of drug-likeness (QED) is 0.678. The number of non-ortho nitro benzene ring substituents is 1. The highest BCUT2D eigenvalue weighted by Crippen LogP contribution is 2.51. The van der Waals surface area contributed by atoms with Gasteiger partial charge < -0.3 is 5.32 Å². The molecule has 2 rings (SSSR count). The highest BCUT2D eigenvalue weighted by molar-refractivity contribution is 9.10. The van der Waals surface area contributed by atoms with Crippen LogP contribution in [0.25, 0.3) is 0 Å². The second-order valence-electron chi connectivity index (χ2n) is 4.13. The number of nitrogens with one attached hydrogen (secondary N) is 1. The zero-order valence-electron chi connectivity index (χ0n) is 8.92. The van der Waals surface area contributed by atoms with Crippen molar-refractivity contribution in [3.05, 3.63) is 32.8 Å². The van der Waals surface area contributed by atoms with Gasteiger partial charge in [-0.1, -0.05) is 0 Å². The molecule has 1 aliphatic carbocycles. The van der Waals surface area contributed by atoms with Gasteiger partial charge in [0.05, 0.1) is 4.92 Å². The molecule has 1 saturated carbocycles. The number of anilines is 1. The number of hydrogen-bond acceptors (Lipinski definition) is 3. The van der Waals surface area contributed by atoms with E-state index in [1.165, 1.54) is 18.2 Å². The highest BCUT2D eigenvalue weighted by Gasteiger charge is 2.63. The lowest BCUT2D eigenvalue weighted by molar-refractivity contribution is -0.384. The Kier molecular flexibility index (Phi) is 3.00. The molecule has 0 spiro atoms. The first-order chi connectivity index (χ1) is 8.25. The average molecular weight is 325 g/mol. The molecule has 0 saturated heterocycles. The van der Waals surface area contributed by atoms with Crippen LogP contribution in [0.15, 0.2) is 22.7 Å². The van der Waals surface area contributed by atoms with Crippen LogP contribution >= 0.6 is 15.9 Å². The molecule has 0 heterocycles. The fraction of sp³-hybridized carbons (Fsp3) is 0.400. The SMILES string of the molecule is O=[N+]([O-])c1ccc(NC2(C(F)(F)F)CC2)c(Br)c1. The second kappa shape index (κ2) is 4.11. The van der Waals surface area contributed by atoms with Crippen molar-refractivity contribution in [2.75, 3.05) is 5.32 Å². The first-order valence-corrected chi connectivity index (χ1v) is 5.83. The highest BCUT2D eigenvalue weighted by atomic mass is 79.9. The van der Waals surface area contributed by atoms with Gasteiger partial charge in [0.1, 0.15) is 5.54 Å². The van der Waals surface area contributed by atoms with Crippen LogP contribution in [-0.2, 0) is 0 Å². The van der Waals surface area contributed by atoms with Gasteiger partial charge in [-0.3, -0.25) is 10.1 Å². The lowest BCUT2D eigenvalue weighted by Crippen LogP contribution is -2.38. The fourth-order valence-electron chi connectivity index (χ4n) is 1.58. The molecular weight excluding hydrogens is 317 g/mol. The first kappa shape index (κ1) is 13.1. The minimum absolute atomic E-state index is 0.0138. The minimum Gasteiger partial charge on any atom is -0.371 e. The molecule has 4 nitrogen and oxygen atoms in total. The number of nitro groups is 1. The van der Waals surface area contributed by atoms with Gasteiger partial charge in [-0.2, -0.15) is 13.2 Å². The lowest BCUT2D eigenvalue weighted by atomic mass is 10.2. The number of benzene rings is 1. The van der Waals surface area contributed by atoms with Crippen LogP contribution in [0, 0.1) is 10.1 Å². The Bertz CT molecular complexity index is 500. The van der Waals surface area contributed by atoms with E-state index in [0.717, 1.165) is 0 Å². The maximum atomic E-state index is 12.7. The Morgan fingerprint density at radius 1 is 1.39 bits per heavy atom. The number of halogens is 4. The Balaban J connectivity index is 2.24. The molecule has 1 aromatic carbocycles. The summed E-state index contributed by atoms with van der Waals surface area (Å²) in [7, 11) is 0. The third-order valence-electron chi connectivity index (χ3n) is 2.83. The summed E-state index contributed by atoms with van der Waals surface area (Å²) in [4.78, 5) is 9.90. The van der Waals surface area contributed by atoms with Crippen molar-refractivity contribution in [2.24, 2.45) is 0 Å². The Labute approximate surface area is 108 Å². The molecular formula is C10H8BrF3N2O2. The van der Waals surface area contributed by atoms with Crippen LogP contribution in [-0.4, -0.2) is 16.6 Å². The molecule has 98 valence electrons. The third-order valence-corrected chi connectivity index (χ3v) is 3.49. The van der Waals surface area contributed by atoms with Crippen LogP contribution in [0.5, 0.6) is 0 Å². The first-order valence-electron chi connectivity index (χ1n) is 5.04. The third kappa shape index (κ3) is 2.29. The summed E-state index contributed by atoms with van der Waals surface area (Å²) in [5, 5.41) is 12.9. The van der Waals surface area contributed by atoms with Crippen molar-refractivity contribution in [1.29, 1.82) is 0 Å². The van der Waals surface area contributed by atoms with Gasteiger partial charge in [0.15, 0.2) is 0 Å². The van der Waals surface area contributed by atoms with Crippen molar-refractivity contribution in [3.63, 3.8) is 0 Å². The van der Waals surface area contributed by atoms with E-state index < -0.39 is 16.6 Å². The lowest BCUT2D eigenvalue weighted by Gasteiger charge is -2.22. The van der Waals surface area contributed by atoms with E-state index in [4.69, 9.17) is 0 Å². The molecule has 0 bridgehead atoms. The zero-order chi connectivity index (χ0) is 13.6. The van der Waals surface area contributed by atoms with Crippen molar-refractivity contribution < 1.29 is 18.1 Å². The van der Waals surface area contributed by atoms with Gasteiger partial charge >= 0.3 is 6.18 Å². The van der Waals surface area contributed by atoms with E-state index in [9.17, 15) is 23.3 Å². The summed E-state index contributed by atoms with van der Waals surface area (Å²) in [6.45, 7) is 0. The van der Waals surface area contributed by atoms with Gasteiger partial charge in [-0.05, 0) is 34.8 Å². The van der Waals surface area contributed by atoms with E-state index in [-0.39, 0.29) is 28.7 Å². The molecule has 0 radical (unpaired) electrons. The zero-order valence-corrected chi connectivity index (χ0v) is 10.5.